The maximum Gasteiger partial charge on any atom is 0.165 e. The lowest BCUT2D eigenvalue weighted by Gasteiger charge is -2.08. The van der Waals surface area contributed by atoms with Gasteiger partial charge in [0.25, 0.3) is 0 Å². The monoisotopic (exact) mass is 228 g/mol. The van der Waals surface area contributed by atoms with Crippen LogP contribution < -0.4 is 5.73 Å². The van der Waals surface area contributed by atoms with Crippen LogP contribution in [0.15, 0.2) is 36.7 Å². The maximum atomic E-state index is 12.1. The Morgan fingerprint density at radius 3 is 2.88 bits per heavy atom. The fourth-order valence-electron chi connectivity index (χ4n) is 1.85. The minimum Gasteiger partial charge on any atom is -0.330 e. The molecular formula is C14H16N2O. The van der Waals surface area contributed by atoms with Crippen LogP contribution in [0.1, 0.15) is 23.7 Å². The van der Waals surface area contributed by atoms with Gasteiger partial charge in [-0.1, -0.05) is 31.2 Å². The van der Waals surface area contributed by atoms with E-state index in [4.69, 9.17) is 5.73 Å². The molecule has 0 saturated carbocycles. The van der Waals surface area contributed by atoms with E-state index in [2.05, 4.69) is 4.98 Å². The van der Waals surface area contributed by atoms with Gasteiger partial charge in [-0.05, 0) is 17.8 Å². The molecule has 1 aromatic heterocycles. The van der Waals surface area contributed by atoms with Gasteiger partial charge in [0.05, 0.1) is 0 Å². The van der Waals surface area contributed by atoms with Gasteiger partial charge >= 0.3 is 0 Å². The van der Waals surface area contributed by atoms with Crippen molar-refractivity contribution in [3.8, 4) is 0 Å². The first-order valence-electron chi connectivity index (χ1n) is 5.78. The zero-order valence-electron chi connectivity index (χ0n) is 9.89. The first-order valence-corrected chi connectivity index (χ1v) is 5.78. The van der Waals surface area contributed by atoms with E-state index in [-0.39, 0.29) is 11.7 Å². The summed E-state index contributed by atoms with van der Waals surface area (Å²) in [6.07, 6.45) is 3.90. The van der Waals surface area contributed by atoms with Crippen molar-refractivity contribution in [1.82, 2.24) is 4.98 Å². The predicted molar refractivity (Wildman–Crippen MR) is 68.9 cm³/mol. The fraction of sp³-hybridized carbons (Fsp3) is 0.286. The third-order valence-electron chi connectivity index (χ3n) is 2.90. The second-order valence-electron chi connectivity index (χ2n) is 4.38. The Balaban J connectivity index is 2.38. The van der Waals surface area contributed by atoms with Crippen LogP contribution in [-0.2, 0) is 0 Å². The highest BCUT2D eigenvalue weighted by atomic mass is 16.1. The van der Waals surface area contributed by atoms with Crippen molar-refractivity contribution in [2.45, 2.75) is 13.3 Å². The van der Waals surface area contributed by atoms with Crippen LogP contribution in [0.2, 0.25) is 0 Å². The number of ketones is 1. The second-order valence-corrected chi connectivity index (χ2v) is 4.38. The molecule has 0 radical (unpaired) electrons. The lowest BCUT2D eigenvalue weighted by Crippen LogP contribution is -2.15. The molecule has 0 saturated heterocycles. The average Bonchev–Trinajstić information content (AvgIpc) is 2.37. The molecule has 3 heteroatoms. The summed E-state index contributed by atoms with van der Waals surface area (Å²) in [6.45, 7) is 2.51. The Labute approximate surface area is 101 Å². The molecule has 2 N–H and O–H groups in total. The van der Waals surface area contributed by atoms with Crippen LogP contribution in [0.3, 0.4) is 0 Å². The number of hydrogen-bond acceptors (Lipinski definition) is 3. The van der Waals surface area contributed by atoms with Gasteiger partial charge in [-0.2, -0.15) is 0 Å². The average molecular weight is 228 g/mol. The lowest BCUT2D eigenvalue weighted by molar-refractivity contribution is 0.0967. The van der Waals surface area contributed by atoms with E-state index in [0.29, 0.717) is 18.5 Å². The second kappa shape index (κ2) is 5.06. The number of aromatic nitrogens is 1. The van der Waals surface area contributed by atoms with E-state index in [1.807, 2.05) is 31.2 Å². The number of benzene rings is 1. The molecule has 88 valence electrons. The highest BCUT2D eigenvalue weighted by Crippen LogP contribution is 2.19. The van der Waals surface area contributed by atoms with Gasteiger partial charge in [-0.3, -0.25) is 9.78 Å². The molecular weight excluding hydrogens is 212 g/mol. The van der Waals surface area contributed by atoms with E-state index in [1.54, 1.807) is 12.4 Å². The summed E-state index contributed by atoms with van der Waals surface area (Å²) >= 11 is 0. The van der Waals surface area contributed by atoms with Crippen molar-refractivity contribution in [1.29, 1.82) is 0 Å². The van der Waals surface area contributed by atoms with Crippen LogP contribution >= 0.6 is 0 Å². The van der Waals surface area contributed by atoms with Crippen molar-refractivity contribution >= 4 is 16.6 Å². The van der Waals surface area contributed by atoms with Gasteiger partial charge in [0.2, 0.25) is 0 Å². The molecule has 0 aliphatic carbocycles. The summed E-state index contributed by atoms with van der Waals surface area (Å²) in [5, 5.41) is 1.97. The van der Waals surface area contributed by atoms with E-state index in [9.17, 15) is 4.79 Å². The molecule has 0 fully saturated rings. The summed E-state index contributed by atoms with van der Waals surface area (Å²) in [5.74, 6) is 0.328. The Bertz CT molecular complexity index is 531. The summed E-state index contributed by atoms with van der Waals surface area (Å²) in [6, 6.07) is 7.80. The number of fused-ring (bicyclic) bond motifs is 1. The molecule has 3 nitrogen and oxygen atoms in total. The first kappa shape index (κ1) is 11.7. The molecule has 1 unspecified atom stereocenters. The number of hydrogen-bond donors (Lipinski definition) is 1. The minimum atomic E-state index is 0.118. The summed E-state index contributed by atoms with van der Waals surface area (Å²) in [4.78, 5) is 16.2. The van der Waals surface area contributed by atoms with Crippen molar-refractivity contribution in [2.24, 2.45) is 11.7 Å². The first-order chi connectivity index (χ1) is 8.22. The molecule has 2 rings (SSSR count). The molecule has 0 aliphatic heterocycles. The van der Waals surface area contributed by atoms with Crippen molar-refractivity contribution in [2.75, 3.05) is 6.54 Å². The van der Waals surface area contributed by atoms with Crippen LogP contribution in [0, 0.1) is 5.92 Å². The van der Waals surface area contributed by atoms with E-state index < -0.39 is 0 Å². The fourth-order valence-corrected chi connectivity index (χ4v) is 1.85. The molecule has 17 heavy (non-hydrogen) atoms. The Morgan fingerprint density at radius 1 is 1.35 bits per heavy atom. The number of rotatable bonds is 4. The van der Waals surface area contributed by atoms with E-state index in [1.165, 1.54) is 0 Å². The van der Waals surface area contributed by atoms with Crippen molar-refractivity contribution in [3.63, 3.8) is 0 Å². The van der Waals surface area contributed by atoms with Gasteiger partial charge in [-0.25, -0.2) is 0 Å². The standard InChI is InChI=1S/C14H16N2O/c1-10(7-15)6-14(17)13-9-16-8-11-4-2-3-5-12(11)13/h2-5,8-10H,6-7,15H2,1H3. The molecule has 2 aromatic rings. The molecule has 1 heterocycles. The number of carbonyl (C=O) groups excluding carboxylic acids is 1. The van der Waals surface area contributed by atoms with Gasteiger partial charge in [0.15, 0.2) is 5.78 Å². The van der Waals surface area contributed by atoms with Crippen LogP contribution in [0.5, 0.6) is 0 Å². The summed E-state index contributed by atoms with van der Waals surface area (Å²) < 4.78 is 0. The number of carbonyl (C=O) groups is 1. The number of nitrogens with two attached hydrogens (primary N) is 1. The largest absolute Gasteiger partial charge is 0.330 e. The van der Waals surface area contributed by atoms with Crippen LogP contribution in [0.4, 0.5) is 0 Å². The van der Waals surface area contributed by atoms with Crippen LogP contribution in [0.25, 0.3) is 10.8 Å². The zero-order chi connectivity index (χ0) is 12.3. The smallest absolute Gasteiger partial charge is 0.165 e. The predicted octanol–water partition coefficient (Wildman–Crippen LogP) is 2.40. The number of nitrogens with zero attached hydrogens (tertiary/aromatic N) is 1. The van der Waals surface area contributed by atoms with E-state index >= 15 is 0 Å². The maximum absolute atomic E-state index is 12.1. The van der Waals surface area contributed by atoms with Gasteiger partial charge in [0, 0.05) is 29.8 Å². The van der Waals surface area contributed by atoms with Crippen molar-refractivity contribution < 1.29 is 4.79 Å². The summed E-state index contributed by atoms with van der Waals surface area (Å²) in [7, 11) is 0. The summed E-state index contributed by atoms with van der Waals surface area (Å²) in [5.41, 5.74) is 6.24. The van der Waals surface area contributed by atoms with Crippen molar-refractivity contribution in [3.05, 3.63) is 42.2 Å². The zero-order valence-corrected chi connectivity index (χ0v) is 9.89. The van der Waals surface area contributed by atoms with Crippen LogP contribution in [-0.4, -0.2) is 17.3 Å². The molecule has 0 amide bonds. The van der Waals surface area contributed by atoms with Gasteiger partial charge < -0.3 is 5.73 Å². The Morgan fingerprint density at radius 2 is 2.12 bits per heavy atom. The molecule has 0 aliphatic rings. The highest BCUT2D eigenvalue weighted by molar-refractivity contribution is 6.07. The molecule has 0 spiro atoms. The molecule has 1 aromatic carbocycles. The van der Waals surface area contributed by atoms with E-state index in [0.717, 1.165) is 10.8 Å². The van der Waals surface area contributed by atoms with Gasteiger partial charge in [0.1, 0.15) is 0 Å². The quantitative estimate of drug-likeness (QED) is 0.817. The molecule has 1 atom stereocenters. The molecule has 0 bridgehead atoms. The normalized spacial score (nSPS) is 12.6. The lowest BCUT2D eigenvalue weighted by atomic mass is 9.97. The topological polar surface area (TPSA) is 56.0 Å². The third kappa shape index (κ3) is 2.50. The SMILES string of the molecule is CC(CN)CC(=O)c1cncc2ccccc12. The minimum absolute atomic E-state index is 0.118. The Kier molecular flexibility index (Phi) is 3.49. The number of Topliss-reactive ketones (excluding diaryl/α,β-unsaturated/α-hetero) is 1. The van der Waals surface area contributed by atoms with Gasteiger partial charge in [-0.15, -0.1) is 0 Å². The third-order valence-corrected chi connectivity index (χ3v) is 2.90. The Hall–Kier alpha value is -1.74. The highest BCUT2D eigenvalue weighted by Gasteiger charge is 2.13. The number of pyridine rings is 1.